The minimum Gasteiger partial charge on any atom is -0.345 e. The highest BCUT2D eigenvalue weighted by Gasteiger charge is 2.25. The maximum absolute atomic E-state index is 12.1. The molecule has 0 spiro atoms. The predicted octanol–water partition coefficient (Wildman–Crippen LogP) is 3.52. The number of rotatable bonds is 1. The fraction of sp³-hybridized carbons (Fsp3) is 0.235. The molecule has 0 heterocycles. The van der Waals surface area contributed by atoms with E-state index in [4.69, 9.17) is 0 Å². The molecule has 2 aromatic carbocycles. The van der Waals surface area contributed by atoms with Gasteiger partial charge in [-0.05, 0) is 34.4 Å². The molecular formula is C17H17NO. The number of amides is 1. The molecule has 2 nitrogen and oxygen atoms in total. The van der Waals surface area contributed by atoms with E-state index in [1.54, 1.807) is 19.0 Å². The minimum atomic E-state index is 0.0554. The third-order valence-electron chi connectivity index (χ3n) is 3.89. The second kappa shape index (κ2) is 4.23. The van der Waals surface area contributed by atoms with Crippen molar-refractivity contribution in [3.8, 4) is 11.1 Å². The van der Waals surface area contributed by atoms with Gasteiger partial charge in [0.2, 0.25) is 0 Å². The molecule has 0 saturated heterocycles. The normalized spacial score (nSPS) is 15.8. The molecule has 2 heteroatoms. The Kier molecular flexibility index (Phi) is 2.67. The topological polar surface area (TPSA) is 20.3 Å². The lowest BCUT2D eigenvalue weighted by molar-refractivity contribution is 0.0827. The van der Waals surface area contributed by atoms with Crippen LogP contribution in [-0.2, 0) is 0 Å². The Hall–Kier alpha value is -2.09. The molecule has 0 aromatic heterocycles. The van der Waals surface area contributed by atoms with E-state index in [1.807, 2.05) is 12.1 Å². The molecule has 0 radical (unpaired) electrons. The molecule has 0 N–H and O–H groups in total. The van der Waals surface area contributed by atoms with Crippen LogP contribution < -0.4 is 0 Å². The van der Waals surface area contributed by atoms with Gasteiger partial charge in [-0.1, -0.05) is 37.3 Å². The van der Waals surface area contributed by atoms with Gasteiger partial charge >= 0.3 is 0 Å². The first-order valence-electron chi connectivity index (χ1n) is 6.54. The van der Waals surface area contributed by atoms with Gasteiger partial charge in [-0.25, -0.2) is 0 Å². The van der Waals surface area contributed by atoms with Crippen molar-refractivity contribution in [1.82, 2.24) is 4.90 Å². The van der Waals surface area contributed by atoms with E-state index in [1.165, 1.54) is 22.3 Å². The van der Waals surface area contributed by atoms with Gasteiger partial charge in [0.05, 0.1) is 0 Å². The smallest absolute Gasteiger partial charge is 0.253 e. The molecule has 2 aromatic rings. The Labute approximate surface area is 113 Å². The van der Waals surface area contributed by atoms with Crippen molar-refractivity contribution >= 4 is 5.91 Å². The van der Waals surface area contributed by atoms with Crippen LogP contribution in [0.2, 0.25) is 0 Å². The number of nitrogens with zero attached hydrogens (tertiary/aromatic N) is 1. The van der Waals surface area contributed by atoms with E-state index in [9.17, 15) is 4.79 Å². The highest BCUT2D eigenvalue weighted by Crippen LogP contribution is 2.44. The van der Waals surface area contributed by atoms with E-state index >= 15 is 0 Å². The van der Waals surface area contributed by atoms with Gasteiger partial charge in [-0.3, -0.25) is 4.79 Å². The zero-order valence-corrected chi connectivity index (χ0v) is 11.5. The summed E-state index contributed by atoms with van der Waals surface area (Å²) in [5.74, 6) is 0.467. The number of hydrogen-bond donors (Lipinski definition) is 0. The monoisotopic (exact) mass is 251 g/mol. The van der Waals surface area contributed by atoms with Gasteiger partial charge in [0.15, 0.2) is 0 Å². The lowest BCUT2D eigenvalue weighted by Gasteiger charge is -2.12. The summed E-state index contributed by atoms with van der Waals surface area (Å²) in [6.07, 6.45) is 0. The predicted molar refractivity (Wildman–Crippen MR) is 77.4 cm³/mol. The first kappa shape index (κ1) is 12.0. The van der Waals surface area contributed by atoms with Crippen molar-refractivity contribution in [3.05, 3.63) is 59.2 Å². The summed E-state index contributed by atoms with van der Waals surface area (Å²) in [6.45, 7) is 2.22. The van der Waals surface area contributed by atoms with Crippen molar-refractivity contribution in [2.75, 3.05) is 14.1 Å². The fourth-order valence-corrected chi connectivity index (χ4v) is 2.85. The Bertz CT molecular complexity index is 658. The number of benzene rings is 2. The van der Waals surface area contributed by atoms with E-state index in [2.05, 4.69) is 37.3 Å². The summed E-state index contributed by atoms with van der Waals surface area (Å²) in [6, 6.07) is 14.5. The first-order chi connectivity index (χ1) is 9.09. The second-order valence-corrected chi connectivity index (χ2v) is 5.31. The lowest BCUT2D eigenvalue weighted by Crippen LogP contribution is -2.21. The van der Waals surface area contributed by atoms with Crippen LogP contribution in [0.1, 0.15) is 34.3 Å². The second-order valence-electron chi connectivity index (χ2n) is 5.31. The maximum atomic E-state index is 12.1. The Morgan fingerprint density at radius 1 is 1.00 bits per heavy atom. The quantitative estimate of drug-likeness (QED) is 0.759. The van der Waals surface area contributed by atoms with Gasteiger partial charge < -0.3 is 4.90 Å². The van der Waals surface area contributed by atoms with E-state index < -0.39 is 0 Å². The van der Waals surface area contributed by atoms with Crippen molar-refractivity contribution in [3.63, 3.8) is 0 Å². The van der Waals surface area contributed by atoms with Crippen LogP contribution in [0.15, 0.2) is 42.5 Å². The molecule has 3 rings (SSSR count). The zero-order valence-electron chi connectivity index (χ0n) is 11.5. The largest absolute Gasteiger partial charge is 0.345 e. The van der Waals surface area contributed by atoms with Gasteiger partial charge in [0.1, 0.15) is 0 Å². The van der Waals surface area contributed by atoms with Gasteiger partial charge in [0.25, 0.3) is 5.91 Å². The first-order valence-corrected chi connectivity index (χ1v) is 6.54. The van der Waals surface area contributed by atoms with Crippen molar-refractivity contribution < 1.29 is 4.79 Å². The van der Waals surface area contributed by atoms with Crippen LogP contribution in [0.25, 0.3) is 11.1 Å². The molecule has 0 bridgehead atoms. The highest BCUT2D eigenvalue weighted by molar-refractivity contribution is 5.96. The molecule has 1 aliphatic rings. The van der Waals surface area contributed by atoms with Crippen molar-refractivity contribution in [2.24, 2.45) is 0 Å². The molecule has 1 atom stereocenters. The van der Waals surface area contributed by atoms with Crippen LogP contribution in [0.5, 0.6) is 0 Å². The number of carbonyl (C=O) groups excluding carboxylic acids is 1. The van der Waals surface area contributed by atoms with Crippen LogP contribution >= 0.6 is 0 Å². The molecule has 19 heavy (non-hydrogen) atoms. The van der Waals surface area contributed by atoms with Crippen molar-refractivity contribution in [1.29, 1.82) is 0 Å². The zero-order chi connectivity index (χ0) is 13.6. The molecular weight excluding hydrogens is 234 g/mol. The summed E-state index contributed by atoms with van der Waals surface area (Å²) < 4.78 is 0. The van der Waals surface area contributed by atoms with Crippen LogP contribution in [0, 0.1) is 0 Å². The molecule has 0 aliphatic heterocycles. The number of fused-ring (bicyclic) bond motifs is 3. The van der Waals surface area contributed by atoms with Gasteiger partial charge in [-0.15, -0.1) is 0 Å². The Balaban J connectivity index is 2.16. The van der Waals surface area contributed by atoms with E-state index in [0.717, 1.165) is 5.56 Å². The SMILES string of the molecule is CC1c2ccccc2-c2cc(C(=O)N(C)C)ccc21. The Morgan fingerprint density at radius 2 is 1.68 bits per heavy atom. The standard InChI is InChI=1S/C17H17NO/c1-11-13-6-4-5-7-15(13)16-10-12(8-9-14(11)16)17(19)18(2)3/h4-11H,1-3H3. The molecule has 1 amide bonds. The minimum absolute atomic E-state index is 0.0554. The molecule has 96 valence electrons. The van der Waals surface area contributed by atoms with Crippen LogP contribution in [0.4, 0.5) is 0 Å². The Morgan fingerprint density at radius 3 is 2.42 bits per heavy atom. The van der Waals surface area contributed by atoms with Crippen LogP contribution in [-0.4, -0.2) is 24.9 Å². The molecule has 1 unspecified atom stereocenters. The highest BCUT2D eigenvalue weighted by atomic mass is 16.2. The summed E-state index contributed by atoms with van der Waals surface area (Å²) in [7, 11) is 3.57. The maximum Gasteiger partial charge on any atom is 0.253 e. The summed E-state index contributed by atoms with van der Waals surface area (Å²) >= 11 is 0. The summed E-state index contributed by atoms with van der Waals surface area (Å²) in [5, 5.41) is 0. The summed E-state index contributed by atoms with van der Waals surface area (Å²) in [5.41, 5.74) is 5.89. The van der Waals surface area contributed by atoms with Gasteiger partial charge in [-0.2, -0.15) is 0 Å². The summed E-state index contributed by atoms with van der Waals surface area (Å²) in [4.78, 5) is 13.7. The molecule has 1 aliphatic carbocycles. The third-order valence-corrected chi connectivity index (χ3v) is 3.89. The third kappa shape index (κ3) is 1.75. The average molecular weight is 251 g/mol. The number of hydrogen-bond acceptors (Lipinski definition) is 1. The lowest BCUT2D eigenvalue weighted by atomic mass is 9.98. The van der Waals surface area contributed by atoms with Gasteiger partial charge in [0, 0.05) is 25.6 Å². The number of carbonyl (C=O) groups is 1. The average Bonchev–Trinajstić information content (AvgIpc) is 2.72. The van der Waals surface area contributed by atoms with Crippen LogP contribution in [0.3, 0.4) is 0 Å². The molecule has 0 saturated carbocycles. The molecule has 0 fully saturated rings. The van der Waals surface area contributed by atoms with E-state index in [-0.39, 0.29) is 5.91 Å². The van der Waals surface area contributed by atoms with E-state index in [0.29, 0.717) is 5.92 Å². The van der Waals surface area contributed by atoms with Crippen molar-refractivity contribution in [2.45, 2.75) is 12.8 Å². The fourth-order valence-electron chi connectivity index (χ4n) is 2.85.